The topological polar surface area (TPSA) is 67.8 Å². The van der Waals surface area contributed by atoms with E-state index in [0.29, 0.717) is 6.61 Å². The van der Waals surface area contributed by atoms with Gasteiger partial charge in [-0.05, 0) is 13.3 Å². The van der Waals surface area contributed by atoms with E-state index in [1.165, 1.54) is 7.11 Å². The smallest absolute Gasteiger partial charge is 0.225 e. The van der Waals surface area contributed by atoms with Crippen molar-refractivity contribution in [2.24, 2.45) is 5.92 Å². The fraction of sp³-hybridized carbons (Fsp3) is 0.900. The van der Waals surface area contributed by atoms with Crippen LogP contribution >= 0.6 is 0 Å². The molecule has 0 spiro atoms. The molecule has 3 unspecified atom stereocenters. The Bertz CT molecular complexity index is 210. The number of hydrogen-bond acceptors (Lipinski definition) is 4. The maximum absolute atomic E-state index is 11.6. The summed E-state index contributed by atoms with van der Waals surface area (Å²) in [6, 6.07) is 0. The van der Waals surface area contributed by atoms with Crippen LogP contribution in [0.3, 0.4) is 0 Å². The van der Waals surface area contributed by atoms with E-state index in [1.807, 2.05) is 6.92 Å². The third-order valence-electron chi connectivity index (χ3n) is 2.44. The Hall–Kier alpha value is -0.650. The molecule has 0 aromatic rings. The number of amides is 1. The Labute approximate surface area is 89.8 Å². The van der Waals surface area contributed by atoms with E-state index in [2.05, 4.69) is 5.32 Å². The zero-order chi connectivity index (χ0) is 11.3. The summed E-state index contributed by atoms with van der Waals surface area (Å²) in [5.41, 5.74) is 0. The lowest BCUT2D eigenvalue weighted by molar-refractivity contribution is -0.125. The van der Waals surface area contributed by atoms with Crippen molar-refractivity contribution in [2.75, 3.05) is 26.9 Å². The van der Waals surface area contributed by atoms with Gasteiger partial charge in [-0.3, -0.25) is 4.79 Å². The minimum Gasteiger partial charge on any atom is -0.389 e. The van der Waals surface area contributed by atoms with Gasteiger partial charge in [0.05, 0.1) is 31.3 Å². The summed E-state index contributed by atoms with van der Waals surface area (Å²) in [6.45, 7) is 2.90. The molecular formula is C10H19NO4. The molecule has 0 radical (unpaired) electrons. The molecule has 5 nitrogen and oxygen atoms in total. The number of nitrogens with one attached hydrogen (secondary N) is 1. The van der Waals surface area contributed by atoms with Crippen molar-refractivity contribution in [3.63, 3.8) is 0 Å². The lowest BCUT2D eigenvalue weighted by Gasteiger charge is -2.13. The van der Waals surface area contributed by atoms with Gasteiger partial charge in [-0.15, -0.1) is 0 Å². The number of aliphatic hydroxyl groups excluding tert-OH is 1. The Morgan fingerprint density at radius 3 is 3.00 bits per heavy atom. The Balaban J connectivity index is 2.18. The zero-order valence-electron chi connectivity index (χ0n) is 9.23. The molecule has 2 N–H and O–H groups in total. The molecule has 1 heterocycles. The predicted molar refractivity (Wildman–Crippen MR) is 54.4 cm³/mol. The van der Waals surface area contributed by atoms with Gasteiger partial charge in [0.25, 0.3) is 0 Å². The van der Waals surface area contributed by atoms with E-state index in [0.717, 1.165) is 6.42 Å². The maximum atomic E-state index is 11.6. The van der Waals surface area contributed by atoms with Gasteiger partial charge in [0, 0.05) is 13.7 Å². The van der Waals surface area contributed by atoms with Crippen LogP contribution in [0.15, 0.2) is 0 Å². The van der Waals surface area contributed by atoms with Crippen LogP contribution in [0, 0.1) is 5.92 Å². The van der Waals surface area contributed by atoms with E-state index in [9.17, 15) is 9.90 Å². The normalized spacial score (nSPS) is 27.7. The molecule has 0 bridgehead atoms. The summed E-state index contributed by atoms with van der Waals surface area (Å²) in [6.07, 6.45) is 0.273. The summed E-state index contributed by atoms with van der Waals surface area (Å²) in [5, 5.41) is 12.0. The summed E-state index contributed by atoms with van der Waals surface area (Å²) in [4.78, 5) is 11.6. The number of aliphatic hydroxyl groups is 1. The average molecular weight is 217 g/mol. The first kappa shape index (κ1) is 12.4. The second-order valence-corrected chi connectivity index (χ2v) is 3.93. The Morgan fingerprint density at radius 1 is 1.73 bits per heavy atom. The molecule has 1 aliphatic heterocycles. The fourth-order valence-electron chi connectivity index (χ4n) is 1.61. The van der Waals surface area contributed by atoms with Crippen molar-refractivity contribution in [1.82, 2.24) is 5.32 Å². The van der Waals surface area contributed by atoms with Gasteiger partial charge in [-0.25, -0.2) is 0 Å². The molecule has 5 heteroatoms. The molecule has 1 fully saturated rings. The summed E-state index contributed by atoms with van der Waals surface area (Å²) < 4.78 is 10.0. The minimum absolute atomic E-state index is 0.0468. The number of ether oxygens (including phenoxy) is 2. The van der Waals surface area contributed by atoms with Crippen LogP contribution in [-0.4, -0.2) is 50.1 Å². The third kappa shape index (κ3) is 4.15. The van der Waals surface area contributed by atoms with Crippen molar-refractivity contribution in [3.05, 3.63) is 0 Å². The van der Waals surface area contributed by atoms with Crippen molar-refractivity contribution in [1.29, 1.82) is 0 Å². The maximum Gasteiger partial charge on any atom is 0.225 e. The highest BCUT2D eigenvalue weighted by atomic mass is 16.5. The Kier molecular flexibility index (Phi) is 5.01. The van der Waals surface area contributed by atoms with Crippen LogP contribution in [-0.2, 0) is 14.3 Å². The number of rotatable bonds is 5. The van der Waals surface area contributed by atoms with Crippen molar-refractivity contribution in [3.8, 4) is 0 Å². The van der Waals surface area contributed by atoms with Crippen LogP contribution in [0.25, 0.3) is 0 Å². The van der Waals surface area contributed by atoms with Gasteiger partial charge in [0.15, 0.2) is 0 Å². The number of carbonyl (C=O) groups is 1. The standard InChI is InChI=1S/C10H19NO4/c1-7-3-8(5-15-7)10(13)11-4-9(12)6-14-2/h7-9,12H,3-6H2,1-2H3,(H,11,13). The minimum atomic E-state index is -0.640. The van der Waals surface area contributed by atoms with Gasteiger partial charge in [0.2, 0.25) is 5.91 Å². The molecule has 15 heavy (non-hydrogen) atoms. The van der Waals surface area contributed by atoms with Crippen molar-refractivity contribution in [2.45, 2.75) is 25.6 Å². The molecule has 0 aliphatic carbocycles. The van der Waals surface area contributed by atoms with Crippen LogP contribution in [0.4, 0.5) is 0 Å². The zero-order valence-corrected chi connectivity index (χ0v) is 9.23. The quantitative estimate of drug-likeness (QED) is 0.653. The van der Waals surface area contributed by atoms with E-state index in [1.54, 1.807) is 0 Å². The molecule has 88 valence electrons. The van der Waals surface area contributed by atoms with Gasteiger partial charge in [0.1, 0.15) is 0 Å². The lowest BCUT2D eigenvalue weighted by atomic mass is 10.1. The van der Waals surface area contributed by atoms with E-state index < -0.39 is 6.10 Å². The van der Waals surface area contributed by atoms with Crippen molar-refractivity contribution >= 4 is 5.91 Å². The van der Waals surface area contributed by atoms with Gasteiger partial charge >= 0.3 is 0 Å². The van der Waals surface area contributed by atoms with Crippen LogP contribution in [0.5, 0.6) is 0 Å². The second kappa shape index (κ2) is 6.05. The number of methoxy groups -OCH3 is 1. The highest BCUT2D eigenvalue weighted by Crippen LogP contribution is 2.18. The molecular weight excluding hydrogens is 198 g/mol. The monoisotopic (exact) mass is 217 g/mol. The SMILES string of the molecule is COCC(O)CNC(=O)C1COC(C)C1. The van der Waals surface area contributed by atoms with E-state index in [-0.39, 0.29) is 31.1 Å². The van der Waals surface area contributed by atoms with Crippen LogP contribution in [0.1, 0.15) is 13.3 Å². The predicted octanol–water partition coefficient (Wildman–Crippen LogP) is -0.465. The molecule has 0 aromatic carbocycles. The third-order valence-corrected chi connectivity index (χ3v) is 2.44. The first-order valence-corrected chi connectivity index (χ1v) is 5.19. The molecule has 0 saturated carbocycles. The molecule has 0 aromatic heterocycles. The number of carbonyl (C=O) groups excluding carboxylic acids is 1. The van der Waals surface area contributed by atoms with Crippen molar-refractivity contribution < 1.29 is 19.4 Å². The summed E-state index contributed by atoms with van der Waals surface area (Å²) in [7, 11) is 1.51. The van der Waals surface area contributed by atoms with E-state index >= 15 is 0 Å². The second-order valence-electron chi connectivity index (χ2n) is 3.93. The van der Waals surface area contributed by atoms with E-state index in [4.69, 9.17) is 9.47 Å². The highest BCUT2D eigenvalue weighted by molar-refractivity contribution is 5.79. The molecule has 1 saturated heterocycles. The first-order valence-electron chi connectivity index (χ1n) is 5.19. The van der Waals surface area contributed by atoms with Gasteiger partial charge < -0.3 is 19.9 Å². The van der Waals surface area contributed by atoms with Crippen LogP contribution < -0.4 is 5.32 Å². The van der Waals surface area contributed by atoms with Gasteiger partial charge in [-0.1, -0.05) is 0 Å². The first-order chi connectivity index (χ1) is 7.13. The Morgan fingerprint density at radius 2 is 2.47 bits per heavy atom. The van der Waals surface area contributed by atoms with Crippen LogP contribution in [0.2, 0.25) is 0 Å². The summed E-state index contributed by atoms with van der Waals surface area (Å²) >= 11 is 0. The molecule has 1 rings (SSSR count). The summed E-state index contributed by atoms with van der Waals surface area (Å²) in [5.74, 6) is -0.121. The largest absolute Gasteiger partial charge is 0.389 e. The lowest BCUT2D eigenvalue weighted by Crippen LogP contribution is -2.38. The van der Waals surface area contributed by atoms with Gasteiger partial charge in [-0.2, -0.15) is 0 Å². The molecule has 1 aliphatic rings. The fourth-order valence-corrected chi connectivity index (χ4v) is 1.61. The highest BCUT2D eigenvalue weighted by Gasteiger charge is 2.28. The number of hydrogen-bond donors (Lipinski definition) is 2. The molecule has 1 amide bonds. The average Bonchev–Trinajstić information content (AvgIpc) is 2.62. The molecule has 3 atom stereocenters.